The summed E-state index contributed by atoms with van der Waals surface area (Å²) in [7, 11) is 0. The van der Waals surface area contributed by atoms with Gasteiger partial charge in [-0.3, -0.25) is 0 Å². The van der Waals surface area contributed by atoms with Crippen LogP contribution in [0.5, 0.6) is 0 Å². The van der Waals surface area contributed by atoms with Crippen molar-refractivity contribution in [3.05, 3.63) is 0 Å². The average Bonchev–Trinajstić information content (AvgIpc) is 2.13. The van der Waals surface area contributed by atoms with Gasteiger partial charge in [0.15, 0.2) is 0 Å². The summed E-state index contributed by atoms with van der Waals surface area (Å²) in [5.74, 6) is 1.98. The zero-order valence-corrected chi connectivity index (χ0v) is 9.73. The van der Waals surface area contributed by atoms with Crippen molar-refractivity contribution in [2.45, 2.75) is 39.0 Å². The van der Waals surface area contributed by atoms with Gasteiger partial charge < -0.3 is 4.90 Å². The molecule has 78 valence electrons. The third kappa shape index (κ3) is 4.92. The second-order valence-electron chi connectivity index (χ2n) is 4.33. The van der Waals surface area contributed by atoms with Crippen molar-refractivity contribution in [2.24, 2.45) is 5.92 Å². The standard InChI is InChI=1S/C11H23NS/c1-11-6-5-8-12(10-11)7-3-2-4-9-13/h11,13H,2-10H2,1H3. The molecular weight excluding hydrogens is 178 g/mol. The Hall–Kier alpha value is 0.310. The number of hydrogen-bond acceptors (Lipinski definition) is 2. The Morgan fingerprint density at radius 1 is 1.31 bits per heavy atom. The summed E-state index contributed by atoms with van der Waals surface area (Å²) in [5, 5.41) is 0. The molecule has 2 heteroatoms. The zero-order valence-electron chi connectivity index (χ0n) is 8.84. The molecule has 1 fully saturated rings. The van der Waals surface area contributed by atoms with Crippen LogP contribution in [0.25, 0.3) is 0 Å². The number of hydrogen-bond donors (Lipinski definition) is 1. The maximum Gasteiger partial charge on any atom is 0.000703 e. The molecule has 0 spiro atoms. The van der Waals surface area contributed by atoms with E-state index in [1.165, 1.54) is 51.7 Å². The van der Waals surface area contributed by atoms with Gasteiger partial charge in [-0.25, -0.2) is 0 Å². The topological polar surface area (TPSA) is 3.24 Å². The van der Waals surface area contributed by atoms with Crippen LogP contribution in [-0.4, -0.2) is 30.3 Å². The summed E-state index contributed by atoms with van der Waals surface area (Å²) in [6, 6.07) is 0. The van der Waals surface area contributed by atoms with Gasteiger partial charge in [-0.2, -0.15) is 12.6 Å². The number of likely N-dealkylation sites (tertiary alicyclic amines) is 1. The van der Waals surface area contributed by atoms with Gasteiger partial charge in [0.1, 0.15) is 0 Å². The summed E-state index contributed by atoms with van der Waals surface area (Å²) in [6.07, 6.45) is 6.86. The van der Waals surface area contributed by atoms with Crippen LogP contribution >= 0.6 is 12.6 Å². The highest BCUT2D eigenvalue weighted by Crippen LogP contribution is 2.15. The Kier molecular flexibility index (Phi) is 5.88. The van der Waals surface area contributed by atoms with Crippen molar-refractivity contribution in [1.82, 2.24) is 4.90 Å². The molecule has 1 aliphatic rings. The molecule has 1 atom stereocenters. The summed E-state index contributed by atoms with van der Waals surface area (Å²) in [6.45, 7) is 6.37. The first kappa shape index (κ1) is 11.4. The Morgan fingerprint density at radius 2 is 2.15 bits per heavy atom. The van der Waals surface area contributed by atoms with Crippen LogP contribution < -0.4 is 0 Å². The Morgan fingerprint density at radius 3 is 2.85 bits per heavy atom. The van der Waals surface area contributed by atoms with Crippen LogP contribution in [0.3, 0.4) is 0 Å². The van der Waals surface area contributed by atoms with E-state index in [4.69, 9.17) is 0 Å². The van der Waals surface area contributed by atoms with Crippen LogP contribution in [0.15, 0.2) is 0 Å². The molecule has 1 rings (SSSR count). The lowest BCUT2D eigenvalue weighted by molar-refractivity contribution is 0.181. The highest BCUT2D eigenvalue weighted by atomic mass is 32.1. The summed E-state index contributed by atoms with van der Waals surface area (Å²) >= 11 is 4.22. The van der Waals surface area contributed by atoms with Crippen molar-refractivity contribution >= 4 is 12.6 Å². The number of rotatable bonds is 5. The van der Waals surface area contributed by atoms with Gasteiger partial charge in [0, 0.05) is 6.54 Å². The van der Waals surface area contributed by atoms with Gasteiger partial charge in [0.05, 0.1) is 0 Å². The second kappa shape index (κ2) is 6.72. The SMILES string of the molecule is CC1CCCN(CCCCCS)C1. The maximum atomic E-state index is 4.22. The predicted molar refractivity (Wildman–Crippen MR) is 62.5 cm³/mol. The van der Waals surface area contributed by atoms with Crippen LogP contribution in [-0.2, 0) is 0 Å². The highest BCUT2D eigenvalue weighted by Gasteiger charge is 2.14. The minimum absolute atomic E-state index is 0.929. The molecule has 0 bridgehead atoms. The van der Waals surface area contributed by atoms with Gasteiger partial charge in [-0.15, -0.1) is 0 Å². The Bertz CT molecular complexity index is 127. The minimum Gasteiger partial charge on any atom is -0.303 e. The molecule has 1 nitrogen and oxygen atoms in total. The lowest BCUT2D eigenvalue weighted by Crippen LogP contribution is -2.34. The number of thiol groups is 1. The lowest BCUT2D eigenvalue weighted by Gasteiger charge is -2.30. The van der Waals surface area contributed by atoms with Crippen molar-refractivity contribution in [3.8, 4) is 0 Å². The largest absolute Gasteiger partial charge is 0.303 e. The molecule has 0 aliphatic carbocycles. The van der Waals surface area contributed by atoms with E-state index in [9.17, 15) is 0 Å². The Labute approximate surface area is 88.3 Å². The summed E-state index contributed by atoms with van der Waals surface area (Å²) in [4.78, 5) is 2.63. The van der Waals surface area contributed by atoms with E-state index in [2.05, 4.69) is 24.5 Å². The van der Waals surface area contributed by atoms with E-state index in [1.807, 2.05) is 0 Å². The van der Waals surface area contributed by atoms with E-state index in [0.29, 0.717) is 0 Å². The molecule has 0 N–H and O–H groups in total. The van der Waals surface area contributed by atoms with Crippen molar-refractivity contribution in [1.29, 1.82) is 0 Å². The molecule has 0 saturated carbocycles. The number of unbranched alkanes of at least 4 members (excludes halogenated alkanes) is 2. The van der Waals surface area contributed by atoms with Gasteiger partial charge >= 0.3 is 0 Å². The van der Waals surface area contributed by atoms with E-state index >= 15 is 0 Å². The quantitative estimate of drug-likeness (QED) is 0.529. The lowest BCUT2D eigenvalue weighted by atomic mass is 10.00. The maximum absolute atomic E-state index is 4.22. The third-order valence-corrected chi connectivity index (χ3v) is 3.19. The van der Waals surface area contributed by atoms with Gasteiger partial charge in [0.2, 0.25) is 0 Å². The molecular formula is C11H23NS. The van der Waals surface area contributed by atoms with E-state index in [-0.39, 0.29) is 0 Å². The normalized spacial score (nSPS) is 24.9. The first-order valence-electron chi connectivity index (χ1n) is 5.66. The first-order valence-corrected chi connectivity index (χ1v) is 6.29. The Balaban J connectivity index is 2.00. The summed E-state index contributed by atoms with van der Waals surface area (Å²) < 4.78 is 0. The first-order chi connectivity index (χ1) is 6.33. The predicted octanol–water partition coefficient (Wildman–Crippen LogP) is 2.82. The smallest absolute Gasteiger partial charge is 0.000703 e. The number of nitrogens with zero attached hydrogens (tertiary/aromatic N) is 1. The molecule has 1 aliphatic heterocycles. The minimum atomic E-state index is 0.929. The van der Waals surface area contributed by atoms with E-state index in [0.717, 1.165) is 11.7 Å². The van der Waals surface area contributed by atoms with Gasteiger partial charge in [-0.1, -0.05) is 13.3 Å². The van der Waals surface area contributed by atoms with Crippen LogP contribution in [0.4, 0.5) is 0 Å². The average molecular weight is 201 g/mol. The fraction of sp³-hybridized carbons (Fsp3) is 1.00. The molecule has 0 aromatic rings. The van der Waals surface area contributed by atoms with Gasteiger partial charge in [0.25, 0.3) is 0 Å². The molecule has 0 radical (unpaired) electrons. The molecule has 0 amide bonds. The third-order valence-electron chi connectivity index (χ3n) is 2.87. The van der Waals surface area contributed by atoms with Gasteiger partial charge in [-0.05, 0) is 50.4 Å². The second-order valence-corrected chi connectivity index (χ2v) is 4.78. The summed E-state index contributed by atoms with van der Waals surface area (Å²) in [5.41, 5.74) is 0. The molecule has 1 unspecified atom stereocenters. The van der Waals surface area contributed by atoms with E-state index in [1.54, 1.807) is 0 Å². The highest BCUT2D eigenvalue weighted by molar-refractivity contribution is 7.80. The van der Waals surface area contributed by atoms with Crippen LogP contribution in [0, 0.1) is 5.92 Å². The fourth-order valence-electron chi connectivity index (χ4n) is 2.11. The number of piperidine rings is 1. The van der Waals surface area contributed by atoms with Crippen molar-refractivity contribution < 1.29 is 0 Å². The van der Waals surface area contributed by atoms with Crippen molar-refractivity contribution in [2.75, 3.05) is 25.4 Å². The van der Waals surface area contributed by atoms with Crippen LogP contribution in [0.2, 0.25) is 0 Å². The van der Waals surface area contributed by atoms with Crippen molar-refractivity contribution in [3.63, 3.8) is 0 Å². The fourth-order valence-corrected chi connectivity index (χ4v) is 2.34. The molecule has 0 aromatic heterocycles. The molecule has 13 heavy (non-hydrogen) atoms. The molecule has 1 saturated heterocycles. The molecule has 0 aromatic carbocycles. The van der Waals surface area contributed by atoms with Crippen LogP contribution in [0.1, 0.15) is 39.0 Å². The monoisotopic (exact) mass is 201 g/mol. The molecule has 1 heterocycles. The van der Waals surface area contributed by atoms with E-state index < -0.39 is 0 Å². The zero-order chi connectivity index (χ0) is 9.52.